The van der Waals surface area contributed by atoms with Crippen LogP contribution in [0.5, 0.6) is 0 Å². The quantitative estimate of drug-likeness (QED) is 0.835. The molecule has 0 amide bonds. The van der Waals surface area contributed by atoms with Crippen LogP contribution in [0.15, 0.2) is 16.4 Å². The van der Waals surface area contributed by atoms with E-state index in [0.29, 0.717) is 9.38 Å². The summed E-state index contributed by atoms with van der Waals surface area (Å²) in [6.07, 6.45) is -3.27. The van der Waals surface area contributed by atoms with E-state index in [1.807, 2.05) is 0 Å². The van der Waals surface area contributed by atoms with E-state index in [9.17, 15) is 18.0 Å². The number of hydrogen-bond donors (Lipinski definition) is 1. The molecular formula is C8H6F3N3OS. The molecule has 0 spiro atoms. The number of hydrogen-bond acceptors (Lipinski definition) is 4. The largest absolute Gasteiger partial charge is 0.408 e. The van der Waals surface area contributed by atoms with Crippen molar-refractivity contribution < 1.29 is 13.2 Å². The monoisotopic (exact) mass is 249 g/mol. The summed E-state index contributed by atoms with van der Waals surface area (Å²) in [7, 11) is 0. The summed E-state index contributed by atoms with van der Waals surface area (Å²) < 4.78 is 37.2. The predicted octanol–water partition coefficient (Wildman–Crippen LogP) is 1.60. The molecule has 0 fully saturated rings. The van der Waals surface area contributed by atoms with E-state index in [1.54, 1.807) is 0 Å². The van der Waals surface area contributed by atoms with Crippen molar-refractivity contribution in [3.8, 4) is 0 Å². The van der Waals surface area contributed by atoms with Crippen molar-refractivity contribution in [1.29, 1.82) is 0 Å². The Morgan fingerprint density at radius 1 is 1.50 bits per heavy atom. The second kappa shape index (κ2) is 3.48. The molecule has 2 N–H and O–H groups in total. The minimum absolute atomic E-state index is 0.101. The Hall–Kier alpha value is -1.57. The zero-order valence-corrected chi connectivity index (χ0v) is 8.60. The molecule has 2 heterocycles. The molecule has 0 aliphatic carbocycles. The third-order valence-electron chi connectivity index (χ3n) is 1.94. The van der Waals surface area contributed by atoms with Crippen LogP contribution < -0.4 is 11.3 Å². The molecular weight excluding hydrogens is 243 g/mol. The van der Waals surface area contributed by atoms with E-state index in [1.165, 1.54) is 22.9 Å². The highest BCUT2D eigenvalue weighted by molar-refractivity contribution is 7.17. The number of nitrogens with two attached hydrogens (primary N) is 1. The van der Waals surface area contributed by atoms with Crippen molar-refractivity contribution in [3.05, 3.63) is 21.9 Å². The third-order valence-corrected chi connectivity index (χ3v) is 2.87. The Labute approximate surface area is 91.1 Å². The second-order valence-corrected chi connectivity index (χ2v) is 4.06. The highest BCUT2D eigenvalue weighted by Crippen LogP contribution is 2.24. The molecule has 0 atom stereocenters. The fourth-order valence-corrected chi connectivity index (χ4v) is 2.10. The van der Waals surface area contributed by atoms with Gasteiger partial charge < -0.3 is 5.73 Å². The van der Waals surface area contributed by atoms with Crippen LogP contribution in [-0.2, 0) is 6.54 Å². The van der Waals surface area contributed by atoms with Crippen LogP contribution in [0.2, 0.25) is 0 Å². The maximum atomic E-state index is 12.1. The number of thiophene rings is 1. The normalized spacial score (nSPS) is 12.2. The molecule has 2 aromatic rings. The number of fused-ring (bicyclic) bond motifs is 1. The van der Waals surface area contributed by atoms with Crippen LogP contribution in [0.3, 0.4) is 0 Å². The van der Waals surface area contributed by atoms with Gasteiger partial charge in [0, 0.05) is 5.38 Å². The van der Waals surface area contributed by atoms with E-state index in [0.717, 1.165) is 0 Å². The first-order valence-electron chi connectivity index (χ1n) is 4.18. The van der Waals surface area contributed by atoms with Gasteiger partial charge in [0.2, 0.25) is 0 Å². The van der Waals surface area contributed by atoms with Gasteiger partial charge in [0.1, 0.15) is 6.54 Å². The summed E-state index contributed by atoms with van der Waals surface area (Å²) in [6, 6.07) is 0. The topological polar surface area (TPSA) is 60.9 Å². The molecule has 2 aromatic heterocycles. The molecule has 0 saturated carbocycles. The minimum atomic E-state index is -4.48. The van der Waals surface area contributed by atoms with Gasteiger partial charge >= 0.3 is 6.18 Å². The van der Waals surface area contributed by atoms with Crippen molar-refractivity contribution in [3.63, 3.8) is 0 Å². The number of alkyl halides is 3. The number of nitrogen functional groups attached to an aromatic ring is 1. The molecule has 0 bridgehead atoms. The Balaban J connectivity index is 2.61. The van der Waals surface area contributed by atoms with Crippen LogP contribution in [0.4, 0.5) is 18.9 Å². The summed E-state index contributed by atoms with van der Waals surface area (Å²) in [5.41, 5.74) is 4.87. The maximum Gasteiger partial charge on any atom is 0.408 e. The second-order valence-electron chi connectivity index (χ2n) is 3.15. The Bertz CT molecular complexity index is 586. The van der Waals surface area contributed by atoms with Crippen LogP contribution >= 0.6 is 11.3 Å². The van der Waals surface area contributed by atoms with Gasteiger partial charge in [-0.15, -0.1) is 11.3 Å². The fraction of sp³-hybridized carbons (Fsp3) is 0.250. The molecule has 0 aliphatic heterocycles. The van der Waals surface area contributed by atoms with Gasteiger partial charge in [0.25, 0.3) is 5.56 Å². The average Bonchev–Trinajstić information content (AvgIpc) is 2.51. The number of nitrogens with zero attached hydrogens (tertiary/aromatic N) is 2. The lowest BCUT2D eigenvalue weighted by molar-refractivity contribution is -0.143. The van der Waals surface area contributed by atoms with Gasteiger partial charge in [0.05, 0.1) is 22.0 Å². The van der Waals surface area contributed by atoms with Gasteiger partial charge in [-0.25, -0.2) is 4.68 Å². The molecule has 4 nitrogen and oxygen atoms in total. The van der Waals surface area contributed by atoms with Crippen molar-refractivity contribution in [2.24, 2.45) is 0 Å². The van der Waals surface area contributed by atoms with E-state index in [4.69, 9.17) is 5.73 Å². The number of halogens is 3. The third kappa shape index (κ3) is 1.87. The molecule has 86 valence electrons. The van der Waals surface area contributed by atoms with E-state index >= 15 is 0 Å². The van der Waals surface area contributed by atoms with E-state index in [2.05, 4.69) is 5.10 Å². The van der Waals surface area contributed by atoms with Gasteiger partial charge in [-0.3, -0.25) is 4.79 Å². The van der Waals surface area contributed by atoms with Crippen LogP contribution in [0, 0.1) is 0 Å². The molecule has 2 rings (SSSR count). The van der Waals surface area contributed by atoms with Crippen LogP contribution in [-0.4, -0.2) is 16.0 Å². The standard InChI is InChI=1S/C8H6F3N3OS/c9-8(10,11)3-14-7(15)6-4(12)2-16-5(6)1-13-14/h1-2H,3,12H2. The first kappa shape index (κ1) is 10.9. The molecule has 8 heteroatoms. The number of aromatic nitrogens is 2. The Kier molecular flexibility index (Phi) is 2.38. The van der Waals surface area contributed by atoms with Crippen LogP contribution in [0.25, 0.3) is 10.1 Å². The van der Waals surface area contributed by atoms with Crippen molar-refractivity contribution in [2.45, 2.75) is 12.7 Å². The lowest BCUT2D eigenvalue weighted by Crippen LogP contribution is -2.30. The van der Waals surface area contributed by atoms with Crippen molar-refractivity contribution in [1.82, 2.24) is 9.78 Å². The molecule has 0 aliphatic rings. The maximum absolute atomic E-state index is 12.1. The first-order chi connectivity index (χ1) is 7.38. The average molecular weight is 249 g/mol. The highest BCUT2D eigenvalue weighted by atomic mass is 32.1. The summed E-state index contributed by atoms with van der Waals surface area (Å²) in [5, 5.41) is 5.05. The first-order valence-corrected chi connectivity index (χ1v) is 5.06. The van der Waals surface area contributed by atoms with E-state index in [-0.39, 0.29) is 11.1 Å². The Morgan fingerprint density at radius 3 is 2.81 bits per heavy atom. The lowest BCUT2D eigenvalue weighted by atomic mass is 10.3. The molecule has 16 heavy (non-hydrogen) atoms. The number of anilines is 1. The molecule has 0 saturated heterocycles. The summed E-state index contributed by atoms with van der Waals surface area (Å²) in [6.45, 7) is -1.41. The Morgan fingerprint density at radius 2 is 2.19 bits per heavy atom. The van der Waals surface area contributed by atoms with Crippen LogP contribution in [0.1, 0.15) is 0 Å². The molecule has 0 unspecified atom stereocenters. The molecule has 0 radical (unpaired) electrons. The van der Waals surface area contributed by atoms with Gasteiger partial charge in [-0.1, -0.05) is 0 Å². The highest BCUT2D eigenvalue weighted by Gasteiger charge is 2.29. The van der Waals surface area contributed by atoms with Gasteiger partial charge in [0.15, 0.2) is 0 Å². The lowest BCUT2D eigenvalue weighted by Gasteiger charge is -2.07. The fourth-order valence-electron chi connectivity index (χ4n) is 1.30. The van der Waals surface area contributed by atoms with Gasteiger partial charge in [-0.05, 0) is 0 Å². The van der Waals surface area contributed by atoms with Gasteiger partial charge in [-0.2, -0.15) is 18.3 Å². The van der Waals surface area contributed by atoms with Crippen molar-refractivity contribution >= 4 is 27.1 Å². The minimum Gasteiger partial charge on any atom is -0.397 e. The predicted molar refractivity (Wildman–Crippen MR) is 54.3 cm³/mol. The smallest absolute Gasteiger partial charge is 0.397 e. The van der Waals surface area contributed by atoms with E-state index < -0.39 is 18.3 Å². The summed E-state index contributed by atoms with van der Waals surface area (Å²) >= 11 is 1.17. The zero-order valence-electron chi connectivity index (χ0n) is 7.78. The molecule has 0 aromatic carbocycles. The van der Waals surface area contributed by atoms with Crippen molar-refractivity contribution in [2.75, 3.05) is 5.73 Å². The number of rotatable bonds is 1. The SMILES string of the molecule is Nc1csc2cnn(CC(F)(F)F)c(=O)c12. The summed E-state index contributed by atoms with van der Waals surface area (Å²) in [5.74, 6) is 0. The zero-order chi connectivity index (χ0) is 11.9. The summed E-state index contributed by atoms with van der Waals surface area (Å²) in [4.78, 5) is 11.6.